The number of aromatic nitrogens is 2. The van der Waals surface area contributed by atoms with Crippen LogP contribution in [0, 0.1) is 25.2 Å². The third-order valence-corrected chi connectivity index (χ3v) is 4.72. The summed E-state index contributed by atoms with van der Waals surface area (Å²) in [6, 6.07) is 14.8. The van der Waals surface area contributed by atoms with E-state index in [1.807, 2.05) is 32.0 Å². The van der Waals surface area contributed by atoms with Crippen LogP contribution >= 0.6 is 11.8 Å². The maximum atomic E-state index is 12.4. The molecule has 0 saturated carbocycles. The summed E-state index contributed by atoms with van der Waals surface area (Å²) in [4.78, 5) is 12.4. The van der Waals surface area contributed by atoms with Gasteiger partial charge in [0.05, 0.1) is 16.9 Å². The van der Waals surface area contributed by atoms with Gasteiger partial charge >= 0.3 is 0 Å². The maximum absolute atomic E-state index is 12.4. The standard InChI is InChI=1S/C20H18N4O2S/c1-12-7-13(2)9-16(8-12)19-23-24-20(26-19)27-14(3)18(25)22-17-6-4-5-15(10-17)11-21/h4-10,14H,1-3H3,(H,22,25)/t14-/m0/s1. The molecule has 27 heavy (non-hydrogen) atoms. The number of nitrogens with zero attached hydrogens (tertiary/aromatic N) is 3. The van der Waals surface area contributed by atoms with Crippen molar-refractivity contribution < 1.29 is 9.21 Å². The van der Waals surface area contributed by atoms with Gasteiger partial charge in [-0.3, -0.25) is 4.79 Å². The molecular formula is C20H18N4O2S. The van der Waals surface area contributed by atoms with Gasteiger partial charge in [0.1, 0.15) is 0 Å². The van der Waals surface area contributed by atoms with E-state index in [-0.39, 0.29) is 5.91 Å². The second kappa shape index (κ2) is 8.06. The molecule has 1 heterocycles. The van der Waals surface area contributed by atoms with Crippen LogP contribution in [0.3, 0.4) is 0 Å². The summed E-state index contributed by atoms with van der Waals surface area (Å²) in [6.07, 6.45) is 0. The predicted octanol–water partition coefficient (Wildman–Crippen LogP) is 4.34. The molecule has 0 spiro atoms. The molecule has 0 unspecified atom stereocenters. The van der Waals surface area contributed by atoms with Crippen molar-refractivity contribution in [1.29, 1.82) is 5.26 Å². The molecule has 6 nitrogen and oxygen atoms in total. The van der Waals surface area contributed by atoms with Gasteiger partial charge in [0.25, 0.3) is 5.22 Å². The fraction of sp³-hybridized carbons (Fsp3) is 0.200. The molecule has 7 heteroatoms. The Morgan fingerprint density at radius 1 is 1.19 bits per heavy atom. The van der Waals surface area contributed by atoms with E-state index in [2.05, 4.69) is 21.6 Å². The zero-order valence-electron chi connectivity index (χ0n) is 15.2. The largest absolute Gasteiger partial charge is 0.411 e. The van der Waals surface area contributed by atoms with Crippen LogP contribution in [0.5, 0.6) is 0 Å². The molecule has 3 aromatic rings. The molecule has 0 radical (unpaired) electrons. The van der Waals surface area contributed by atoms with E-state index in [0.717, 1.165) is 16.7 Å². The number of rotatable bonds is 5. The van der Waals surface area contributed by atoms with E-state index in [1.165, 1.54) is 11.8 Å². The molecule has 1 N–H and O–H groups in total. The zero-order chi connectivity index (χ0) is 19.4. The fourth-order valence-corrected chi connectivity index (χ4v) is 3.27. The van der Waals surface area contributed by atoms with E-state index in [4.69, 9.17) is 9.68 Å². The third kappa shape index (κ3) is 4.74. The Morgan fingerprint density at radius 3 is 2.63 bits per heavy atom. The van der Waals surface area contributed by atoms with Crippen LogP contribution in [0.15, 0.2) is 52.1 Å². The quantitative estimate of drug-likeness (QED) is 0.664. The summed E-state index contributed by atoms with van der Waals surface area (Å²) < 4.78 is 5.70. The highest BCUT2D eigenvalue weighted by Gasteiger charge is 2.19. The van der Waals surface area contributed by atoms with Crippen molar-refractivity contribution in [2.45, 2.75) is 31.2 Å². The SMILES string of the molecule is Cc1cc(C)cc(-c2nnc(S[C@@H](C)C(=O)Nc3cccc(C#N)c3)o2)c1. The normalized spacial score (nSPS) is 11.6. The molecule has 1 aromatic heterocycles. The number of hydrogen-bond acceptors (Lipinski definition) is 6. The van der Waals surface area contributed by atoms with Crippen molar-refractivity contribution in [3.8, 4) is 17.5 Å². The van der Waals surface area contributed by atoms with E-state index < -0.39 is 5.25 Å². The Labute approximate surface area is 161 Å². The van der Waals surface area contributed by atoms with Crippen molar-refractivity contribution in [2.75, 3.05) is 5.32 Å². The topological polar surface area (TPSA) is 91.8 Å². The highest BCUT2D eigenvalue weighted by molar-refractivity contribution is 8.00. The molecule has 1 atom stereocenters. The second-order valence-electron chi connectivity index (χ2n) is 6.19. The minimum Gasteiger partial charge on any atom is -0.411 e. The Kier molecular flexibility index (Phi) is 5.57. The van der Waals surface area contributed by atoms with Gasteiger partial charge in [0.15, 0.2) is 0 Å². The second-order valence-corrected chi connectivity index (χ2v) is 7.48. The number of aryl methyl sites for hydroxylation is 2. The zero-order valence-corrected chi connectivity index (χ0v) is 16.0. The van der Waals surface area contributed by atoms with Crippen molar-refractivity contribution in [1.82, 2.24) is 10.2 Å². The van der Waals surface area contributed by atoms with E-state index >= 15 is 0 Å². The Bertz CT molecular complexity index is 1000. The number of hydrogen-bond donors (Lipinski definition) is 1. The molecule has 136 valence electrons. The summed E-state index contributed by atoms with van der Waals surface area (Å²) in [5, 5.41) is 19.7. The van der Waals surface area contributed by atoms with Crippen LogP contribution in [0.4, 0.5) is 5.69 Å². The minimum absolute atomic E-state index is 0.207. The molecule has 0 aliphatic carbocycles. The first-order valence-electron chi connectivity index (χ1n) is 8.34. The summed E-state index contributed by atoms with van der Waals surface area (Å²) in [5.41, 5.74) is 4.16. The lowest BCUT2D eigenvalue weighted by Gasteiger charge is -2.10. The van der Waals surface area contributed by atoms with Crippen LogP contribution < -0.4 is 5.32 Å². The lowest BCUT2D eigenvalue weighted by Crippen LogP contribution is -2.22. The predicted molar refractivity (Wildman–Crippen MR) is 104 cm³/mol. The summed E-state index contributed by atoms with van der Waals surface area (Å²) in [6.45, 7) is 5.78. The van der Waals surface area contributed by atoms with Crippen molar-refractivity contribution >= 4 is 23.4 Å². The molecular weight excluding hydrogens is 360 g/mol. The lowest BCUT2D eigenvalue weighted by molar-refractivity contribution is -0.115. The Morgan fingerprint density at radius 2 is 1.93 bits per heavy atom. The number of nitrogens with one attached hydrogen (secondary N) is 1. The van der Waals surface area contributed by atoms with Crippen LogP contribution in [0.1, 0.15) is 23.6 Å². The van der Waals surface area contributed by atoms with Crippen molar-refractivity contribution in [3.05, 3.63) is 59.2 Å². The van der Waals surface area contributed by atoms with Gasteiger partial charge in [0, 0.05) is 11.3 Å². The highest BCUT2D eigenvalue weighted by atomic mass is 32.2. The summed E-state index contributed by atoms with van der Waals surface area (Å²) in [7, 11) is 0. The van der Waals surface area contributed by atoms with Gasteiger partial charge in [-0.25, -0.2) is 0 Å². The molecule has 0 aliphatic rings. The average molecular weight is 378 g/mol. The Balaban J connectivity index is 1.67. The number of carbonyl (C=O) groups excluding carboxylic acids is 1. The van der Waals surface area contributed by atoms with Gasteiger partial charge in [-0.05, 0) is 51.1 Å². The van der Waals surface area contributed by atoms with Crippen LogP contribution in [-0.4, -0.2) is 21.4 Å². The number of carbonyl (C=O) groups is 1. The van der Waals surface area contributed by atoms with Crippen molar-refractivity contribution in [2.24, 2.45) is 0 Å². The number of amides is 1. The molecule has 0 fully saturated rings. The summed E-state index contributed by atoms with van der Waals surface area (Å²) in [5.74, 6) is 0.222. The molecule has 3 rings (SSSR count). The first kappa shape index (κ1) is 18.7. The fourth-order valence-electron chi connectivity index (χ4n) is 2.59. The highest BCUT2D eigenvalue weighted by Crippen LogP contribution is 2.27. The Hall–Kier alpha value is -3.11. The number of nitriles is 1. The molecule has 0 bridgehead atoms. The minimum atomic E-state index is -0.441. The lowest BCUT2D eigenvalue weighted by atomic mass is 10.1. The monoisotopic (exact) mass is 378 g/mol. The van der Waals surface area contributed by atoms with E-state index in [0.29, 0.717) is 22.4 Å². The van der Waals surface area contributed by atoms with Crippen LogP contribution in [0.2, 0.25) is 0 Å². The first-order chi connectivity index (χ1) is 12.9. The first-order valence-corrected chi connectivity index (χ1v) is 9.22. The van der Waals surface area contributed by atoms with E-state index in [1.54, 1.807) is 31.2 Å². The number of anilines is 1. The summed E-state index contributed by atoms with van der Waals surface area (Å²) >= 11 is 1.19. The van der Waals surface area contributed by atoms with Gasteiger partial charge in [-0.15, -0.1) is 10.2 Å². The van der Waals surface area contributed by atoms with Gasteiger partial charge in [0.2, 0.25) is 11.8 Å². The molecule has 1 amide bonds. The van der Waals surface area contributed by atoms with E-state index in [9.17, 15) is 4.79 Å². The van der Waals surface area contributed by atoms with Gasteiger partial charge in [-0.2, -0.15) is 5.26 Å². The maximum Gasteiger partial charge on any atom is 0.277 e. The van der Waals surface area contributed by atoms with Crippen LogP contribution in [0.25, 0.3) is 11.5 Å². The van der Waals surface area contributed by atoms with Gasteiger partial charge < -0.3 is 9.73 Å². The molecule has 0 aliphatic heterocycles. The third-order valence-electron chi connectivity index (χ3n) is 3.78. The van der Waals surface area contributed by atoms with Crippen molar-refractivity contribution in [3.63, 3.8) is 0 Å². The number of benzene rings is 2. The average Bonchev–Trinajstić information content (AvgIpc) is 3.09. The number of thioether (sulfide) groups is 1. The van der Waals surface area contributed by atoms with Crippen LogP contribution in [-0.2, 0) is 4.79 Å². The molecule has 0 saturated heterocycles. The molecule has 2 aromatic carbocycles. The smallest absolute Gasteiger partial charge is 0.277 e. The van der Waals surface area contributed by atoms with Gasteiger partial charge in [-0.1, -0.05) is 35.0 Å².